The largest absolute Gasteiger partial charge is 0.448 e. The molecule has 0 aromatic carbocycles. The van der Waals surface area contributed by atoms with Crippen LogP contribution in [0.4, 0.5) is 4.79 Å². The summed E-state index contributed by atoms with van der Waals surface area (Å²) in [5.74, 6) is 0. The van der Waals surface area contributed by atoms with E-state index in [4.69, 9.17) is 14.2 Å². The van der Waals surface area contributed by atoms with Crippen molar-refractivity contribution in [2.75, 3.05) is 19.8 Å². The van der Waals surface area contributed by atoms with Crippen LogP contribution >= 0.6 is 25.6 Å². The first kappa shape index (κ1) is 15.9. The van der Waals surface area contributed by atoms with Gasteiger partial charge in [-0.1, -0.05) is 0 Å². The highest BCUT2D eigenvalue weighted by atomic mass is 32.2. The standard InChI is InChI=1S/C9H19NO4S2/c1-3-12-8(13-4-2)6-5-7-14-9(11)10(15)16/h8,15-16H,3-7H2,1-2H3. The van der Waals surface area contributed by atoms with Crippen LogP contribution in [0.3, 0.4) is 0 Å². The molecule has 0 aliphatic rings. The highest BCUT2D eigenvalue weighted by Gasteiger charge is 2.09. The van der Waals surface area contributed by atoms with E-state index in [1.165, 1.54) is 0 Å². The van der Waals surface area contributed by atoms with Gasteiger partial charge in [0.05, 0.1) is 6.61 Å². The number of rotatable bonds is 8. The molecule has 5 nitrogen and oxygen atoms in total. The number of thiol groups is 2. The monoisotopic (exact) mass is 269 g/mol. The van der Waals surface area contributed by atoms with Crippen molar-refractivity contribution < 1.29 is 19.0 Å². The van der Waals surface area contributed by atoms with E-state index in [1.807, 2.05) is 13.8 Å². The fraction of sp³-hybridized carbons (Fsp3) is 0.889. The molecule has 0 bridgehead atoms. The van der Waals surface area contributed by atoms with Gasteiger partial charge in [-0.05, 0) is 45.9 Å². The second-order valence-corrected chi connectivity index (χ2v) is 4.00. The van der Waals surface area contributed by atoms with Gasteiger partial charge in [-0.25, -0.2) is 4.79 Å². The Morgan fingerprint density at radius 3 is 2.25 bits per heavy atom. The first-order chi connectivity index (χ1) is 7.61. The molecule has 0 saturated heterocycles. The molecule has 96 valence electrons. The summed E-state index contributed by atoms with van der Waals surface area (Å²) in [6.45, 7) is 5.32. The molecule has 0 spiro atoms. The number of hydrogen-bond donors (Lipinski definition) is 2. The van der Waals surface area contributed by atoms with Gasteiger partial charge >= 0.3 is 6.09 Å². The summed E-state index contributed by atoms with van der Waals surface area (Å²) in [6.07, 6.45) is 0.549. The van der Waals surface area contributed by atoms with Crippen LogP contribution in [-0.4, -0.2) is 35.9 Å². The Bertz CT molecular complexity index is 186. The van der Waals surface area contributed by atoms with Gasteiger partial charge in [0, 0.05) is 19.6 Å². The van der Waals surface area contributed by atoms with E-state index in [-0.39, 0.29) is 6.29 Å². The molecule has 1 amide bonds. The Labute approximate surface area is 108 Å². The van der Waals surface area contributed by atoms with Crippen LogP contribution in [0, 0.1) is 0 Å². The van der Waals surface area contributed by atoms with Gasteiger partial charge in [0.2, 0.25) is 0 Å². The Morgan fingerprint density at radius 2 is 1.81 bits per heavy atom. The lowest BCUT2D eigenvalue weighted by Gasteiger charge is -2.16. The first-order valence-electron chi connectivity index (χ1n) is 5.19. The minimum absolute atomic E-state index is 0.225. The van der Waals surface area contributed by atoms with E-state index in [9.17, 15) is 4.79 Å². The fourth-order valence-corrected chi connectivity index (χ4v) is 1.17. The van der Waals surface area contributed by atoms with Gasteiger partial charge in [-0.15, -0.1) is 0 Å². The van der Waals surface area contributed by atoms with Gasteiger partial charge in [-0.2, -0.15) is 3.71 Å². The molecule has 7 heteroatoms. The van der Waals surface area contributed by atoms with E-state index in [0.717, 1.165) is 3.71 Å². The number of carbonyl (C=O) groups excluding carboxylic acids is 1. The number of nitrogens with zero attached hydrogens (tertiary/aromatic N) is 1. The highest BCUT2D eigenvalue weighted by Crippen LogP contribution is 2.06. The summed E-state index contributed by atoms with van der Waals surface area (Å²) in [6, 6.07) is 0. The van der Waals surface area contributed by atoms with Crippen LogP contribution < -0.4 is 0 Å². The summed E-state index contributed by atoms with van der Waals surface area (Å²) in [5, 5.41) is 0. The molecule has 0 aromatic heterocycles. The maximum absolute atomic E-state index is 10.9. The lowest BCUT2D eigenvalue weighted by molar-refractivity contribution is -0.141. The van der Waals surface area contributed by atoms with Crippen LogP contribution in [0.2, 0.25) is 0 Å². The van der Waals surface area contributed by atoms with Crippen molar-refractivity contribution >= 4 is 31.7 Å². The zero-order chi connectivity index (χ0) is 12.4. The molecule has 0 fully saturated rings. The van der Waals surface area contributed by atoms with E-state index < -0.39 is 6.09 Å². The molecule has 0 N–H and O–H groups in total. The quantitative estimate of drug-likeness (QED) is 0.403. The molecule has 0 aliphatic heterocycles. The van der Waals surface area contributed by atoms with E-state index in [1.54, 1.807) is 0 Å². The minimum atomic E-state index is -0.587. The van der Waals surface area contributed by atoms with Crippen LogP contribution in [0.5, 0.6) is 0 Å². The topological polar surface area (TPSA) is 48.0 Å². The van der Waals surface area contributed by atoms with Crippen LogP contribution in [0.15, 0.2) is 0 Å². The van der Waals surface area contributed by atoms with E-state index in [2.05, 4.69) is 25.6 Å². The number of amides is 1. The molecule has 16 heavy (non-hydrogen) atoms. The number of carbonyl (C=O) groups is 1. The fourth-order valence-electron chi connectivity index (χ4n) is 1.05. The summed E-state index contributed by atoms with van der Waals surface area (Å²) in [7, 11) is 0. The maximum atomic E-state index is 10.9. The van der Waals surface area contributed by atoms with Crippen molar-refractivity contribution in [1.29, 1.82) is 0 Å². The van der Waals surface area contributed by atoms with E-state index in [0.29, 0.717) is 32.7 Å². The van der Waals surface area contributed by atoms with Crippen LogP contribution in [-0.2, 0) is 14.2 Å². The van der Waals surface area contributed by atoms with Crippen molar-refractivity contribution in [3.05, 3.63) is 0 Å². The Morgan fingerprint density at radius 1 is 1.25 bits per heavy atom. The third-order valence-corrected chi connectivity index (χ3v) is 2.00. The Kier molecular flexibility index (Phi) is 10.0. The first-order valence-corrected chi connectivity index (χ1v) is 5.99. The minimum Gasteiger partial charge on any atom is -0.448 e. The second kappa shape index (κ2) is 10.1. The predicted octanol–water partition coefficient (Wildman–Crippen LogP) is 2.29. The molecular formula is C9H19NO4S2. The average Bonchev–Trinajstić information content (AvgIpc) is 2.24. The molecule has 0 aliphatic carbocycles. The lowest BCUT2D eigenvalue weighted by atomic mass is 10.3. The Hall–Kier alpha value is -0.110. The summed E-state index contributed by atoms with van der Waals surface area (Å²) in [4.78, 5) is 10.9. The molecule has 0 aromatic rings. The van der Waals surface area contributed by atoms with Crippen molar-refractivity contribution in [2.45, 2.75) is 33.0 Å². The van der Waals surface area contributed by atoms with Gasteiger partial charge in [0.15, 0.2) is 6.29 Å². The molecular weight excluding hydrogens is 250 g/mol. The zero-order valence-electron chi connectivity index (χ0n) is 9.59. The SMILES string of the molecule is CCOC(CCCOC(=O)N(S)S)OCC. The summed E-state index contributed by atoms with van der Waals surface area (Å²) in [5.41, 5.74) is 0. The summed E-state index contributed by atoms with van der Waals surface area (Å²) >= 11 is 7.35. The lowest BCUT2D eigenvalue weighted by Crippen LogP contribution is -2.19. The molecule has 0 unspecified atom stereocenters. The average molecular weight is 269 g/mol. The smallest absolute Gasteiger partial charge is 0.429 e. The molecule has 0 atom stereocenters. The maximum Gasteiger partial charge on any atom is 0.429 e. The van der Waals surface area contributed by atoms with Crippen LogP contribution in [0.25, 0.3) is 0 Å². The van der Waals surface area contributed by atoms with E-state index >= 15 is 0 Å². The van der Waals surface area contributed by atoms with Gasteiger partial charge < -0.3 is 14.2 Å². The third kappa shape index (κ3) is 8.09. The second-order valence-electron chi connectivity index (χ2n) is 2.89. The zero-order valence-corrected chi connectivity index (χ0v) is 11.4. The van der Waals surface area contributed by atoms with Crippen molar-refractivity contribution in [3.8, 4) is 0 Å². The normalized spacial score (nSPS) is 10.6. The Balaban J connectivity index is 3.57. The molecule has 0 rings (SSSR count). The van der Waals surface area contributed by atoms with Crippen LogP contribution in [0.1, 0.15) is 26.7 Å². The van der Waals surface area contributed by atoms with Gasteiger partial charge in [-0.3, -0.25) is 0 Å². The van der Waals surface area contributed by atoms with Crippen molar-refractivity contribution in [3.63, 3.8) is 0 Å². The number of ether oxygens (including phenoxy) is 3. The molecule has 0 radical (unpaired) electrons. The van der Waals surface area contributed by atoms with Gasteiger partial charge in [0.25, 0.3) is 0 Å². The van der Waals surface area contributed by atoms with Crippen molar-refractivity contribution in [1.82, 2.24) is 3.71 Å². The predicted molar refractivity (Wildman–Crippen MR) is 67.4 cm³/mol. The summed E-state index contributed by atoms with van der Waals surface area (Å²) < 4.78 is 16.3. The molecule has 0 saturated carbocycles. The van der Waals surface area contributed by atoms with Gasteiger partial charge in [0.1, 0.15) is 0 Å². The third-order valence-electron chi connectivity index (χ3n) is 1.68. The van der Waals surface area contributed by atoms with Crippen molar-refractivity contribution in [2.24, 2.45) is 0 Å². The molecule has 0 heterocycles. The number of hydrogen-bond acceptors (Lipinski definition) is 6. The highest BCUT2D eigenvalue weighted by molar-refractivity contribution is 7.94.